The molecular formula is C12H24N2O3S. The smallest absolute Gasteiger partial charge is 0.235 e. The van der Waals surface area contributed by atoms with Gasteiger partial charge in [0.25, 0.3) is 0 Å². The van der Waals surface area contributed by atoms with E-state index in [9.17, 15) is 13.2 Å². The Morgan fingerprint density at radius 2 is 2.00 bits per heavy atom. The average Bonchev–Trinajstić information content (AvgIpc) is 2.67. The van der Waals surface area contributed by atoms with E-state index in [0.717, 1.165) is 12.8 Å². The van der Waals surface area contributed by atoms with E-state index < -0.39 is 9.84 Å². The molecule has 1 saturated carbocycles. The van der Waals surface area contributed by atoms with Gasteiger partial charge in [0.15, 0.2) is 9.84 Å². The Labute approximate surface area is 110 Å². The van der Waals surface area contributed by atoms with Crippen LogP contribution in [0.1, 0.15) is 33.1 Å². The summed E-state index contributed by atoms with van der Waals surface area (Å²) >= 11 is 0. The first kappa shape index (κ1) is 15.4. The first-order valence-electron chi connectivity index (χ1n) is 6.58. The van der Waals surface area contributed by atoms with Crippen LogP contribution in [0.5, 0.6) is 0 Å². The van der Waals surface area contributed by atoms with Crippen molar-refractivity contribution in [3.05, 3.63) is 0 Å². The fourth-order valence-corrected chi connectivity index (χ4v) is 4.67. The number of carbonyl (C=O) groups excluding carboxylic acids is 1. The summed E-state index contributed by atoms with van der Waals surface area (Å²) in [6.45, 7) is 4.42. The van der Waals surface area contributed by atoms with Gasteiger partial charge in [-0.25, -0.2) is 8.42 Å². The minimum absolute atomic E-state index is 0.0685. The van der Waals surface area contributed by atoms with Crippen LogP contribution in [-0.2, 0) is 14.6 Å². The van der Waals surface area contributed by atoms with Crippen molar-refractivity contribution in [2.24, 2.45) is 5.92 Å². The van der Waals surface area contributed by atoms with Gasteiger partial charge >= 0.3 is 0 Å². The van der Waals surface area contributed by atoms with Gasteiger partial charge in [0.2, 0.25) is 5.91 Å². The molecule has 2 N–H and O–H groups in total. The lowest BCUT2D eigenvalue weighted by molar-refractivity contribution is -0.118. The molecule has 1 rings (SSSR count). The zero-order valence-electron chi connectivity index (χ0n) is 11.4. The summed E-state index contributed by atoms with van der Waals surface area (Å²) in [7, 11) is -1.48. The third-order valence-corrected chi connectivity index (χ3v) is 5.97. The summed E-state index contributed by atoms with van der Waals surface area (Å²) in [5.41, 5.74) is 0. The zero-order valence-corrected chi connectivity index (χ0v) is 12.2. The predicted molar refractivity (Wildman–Crippen MR) is 72.1 cm³/mol. The molecule has 3 unspecified atom stereocenters. The molecule has 18 heavy (non-hydrogen) atoms. The number of hydrogen-bond acceptors (Lipinski definition) is 4. The van der Waals surface area contributed by atoms with Crippen molar-refractivity contribution < 1.29 is 13.2 Å². The molecule has 1 aliphatic carbocycles. The maximum Gasteiger partial charge on any atom is 0.235 e. The minimum atomic E-state index is -3.33. The van der Waals surface area contributed by atoms with Crippen LogP contribution in [0.2, 0.25) is 0 Å². The normalized spacial score (nSPS) is 28.3. The summed E-state index contributed by atoms with van der Waals surface area (Å²) in [4.78, 5) is 11.5. The van der Waals surface area contributed by atoms with Gasteiger partial charge < -0.3 is 10.6 Å². The number of sulfone groups is 1. The molecule has 0 aromatic carbocycles. The van der Waals surface area contributed by atoms with Crippen LogP contribution in [0.3, 0.4) is 0 Å². The monoisotopic (exact) mass is 276 g/mol. The maximum atomic E-state index is 12.2. The molecule has 0 spiro atoms. The van der Waals surface area contributed by atoms with E-state index in [1.807, 2.05) is 20.9 Å². The Kier molecular flexibility index (Phi) is 5.59. The summed E-state index contributed by atoms with van der Waals surface area (Å²) in [5.74, 6) is -0.686. The molecule has 0 aliphatic heterocycles. The molecule has 0 heterocycles. The Bertz CT molecular complexity index is 381. The van der Waals surface area contributed by atoms with Crippen LogP contribution in [0.15, 0.2) is 0 Å². The van der Waals surface area contributed by atoms with Gasteiger partial charge in [-0.2, -0.15) is 0 Å². The van der Waals surface area contributed by atoms with Crippen molar-refractivity contribution in [1.29, 1.82) is 0 Å². The second kappa shape index (κ2) is 6.52. The SMILES string of the molecule is CCCNC(=O)CS(=O)(=O)C1CCC(NC)C1C. The fraction of sp³-hybridized carbons (Fsp3) is 0.917. The highest BCUT2D eigenvalue weighted by Gasteiger charge is 2.40. The lowest BCUT2D eigenvalue weighted by Crippen LogP contribution is -2.39. The molecule has 0 bridgehead atoms. The molecule has 0 aromatic heterocycles. The maximum absolute atomic E-state index is 12.2. The highest BCUT2D eigenvalue weighted by atomic mass is 32.2. The largest absolute Gasteiger partial charge is 0.355 e. The molecule has 1 aliphatic rings. The highest BCUT2D eigenvalue weighted by molar-refractivity contribution is 7.92. The number of amides is 1. The van der Waals surface area contributed by atoms with Crippen LogP contribution in [0, 0.1) is 5.92 Å². The van der Waals surface area contributed by atoms with Crippen molar-refractivity contribution in [1.82, 2.24) is 10.6 Å². The lowest BCUT2D eigenvalue weighted by Gasteiger charge is -2.20. The molecule has 6 heteroatoms. The molecule has 0 radical (unpaired) electrons. The van der Waals surface area contributed by atoms with E-state index in [2.05, 4.69) is 10.6 Å². The standard InChI is InChI=1S/C12H24N2O3S/c1-4-7-14-12(15)8-18(16,17)11-6-5-10(13-3)9(11)2/h9-11,13H,4-8H2,1-3H3,(H,14,15). The quantitative estimate of drug-likeness (QED) is 0.732. The van der Waals surface area contributed by atoms with E-state index in [0.29, 0.717) is 13.0 Å². The Hall–Kier alpha value is -0.620. The Morgan fingerprint density at radius 1 is 1.33 bits per heavy atom. The Morgan fingerprint density at radius 3 is 2.50 bits per heavy atom. The van der Waals surface area contributed by atoms with Crippen LogP contribution < -0.4 is 10.6 Å². The molecular weight excluding hydrogens is 252 g/mol. The molecule has 3 atom stereocenters. The second-order valence-corrected chi connectivity index (χ2v) is 7.25. The first-order chi connectivity index (χ1) is 8.42. The number of nitrogens with one attached hydrogen (secondary N) is 2. The van der Waals surface area contributed by atoms with Crippen molar-refractivity contribution in [2.75, 3.05) is 19.3 Å². The Balaban J connectivity index is 2.62. The van der Waals surface area contributed by atoms with Crippen LogP contribution in [0.25, 0.3) is 0 Å². The lowest BCUT2D eigenvalue weighted by atomic mass is 10.1. The van der Waals surface area contributed by atoms with Crippen LogP contribution in [-0.4, -0.2) is 45.0 Å². The average molecular weight is 276 g/mol. The van der Waals surface area contributed by atoms with Crippen molar-refractivity contribution in [3.63, 3.8) is 0 Å². The molecule has 1 amide bonds. The van der Waals surface area contributed by atoms with Crippen molar-refractivity contribution in [2.45, 2.75) is 44.4 Å². The van der Waals surface area contributed by atoms with Gasteiger partial charge in [0, 0.05) is 12.6 Å². The summed E-state index contributed by atoms with van der Waals surface area (Å²) in [6, 6.07) is 0.239. The fourth-order valence-electron chi connectivity index (χ4n) is 2.65. The molecule has 0 aromatic rings. The van der Waals surface area contributed by atoms with E-state index >= 15 is 0 Å². The predicted octanol–water partition coefficient (Wildman–Crippen LogP) is 0.314. The first-order valence-corrected chi connectivity index (χ1v) is 8.29. The third kappa shape index (κ3) is 3.68. The van der Waals surface area contributed by atoms with Gasteiger partial charge in [-0.05, 0) is 32.2 Å². The van der Waals surface area contributed by atoms with Gasteiger partial charge in [0.05, 0.1) is 5.25 Å². The van der Waals surface area contributed by atoms with E-state index in [1.54, 1.807) is 0 Å². The van der Waals surface area contributed by atoms with Crippen molar-refractivity contribution >= 4 is 15.7 Å². The minimum Gasteiger partial charge on any atom is -0.355 e. The summed E-state index contributed by atoms with van der Waals surface area (Å²) in [5, 5.41) is 5.37. The second-order valence-electron chi connectivity index (χ2n) is 5.03. The number of carbonyl (C=O) groups is 1. The summed E-state index contributed by atoms with van der Waals surface area (Å²) < 4.78 is 24.4. The van der Waals surface area contributed by atoms with E-state index in [4.69, 9.17) is 0 Å². The third-order valence-electron chi connectivity index (χ3n) is 3.72. The van der Waals surface area contributed by atoms with Crippen molar-refractivity contribution in [3.8, 4) is 0 Å². The van der Waals surface area contributed by atoms with Crippen LogP contribution in [0.4, 0.5) is 0 Å². The topological polar surface area (TPSA) is 75.3 Å². The highest BCUT2D eigenvalue weighted by Crippen LogP contribution is 2.31. The number of rotatable bonds is 6. The molecule has 0 saturated heterocycles. The van der Waals surface area contributed by atoms with Gasteiger partial charge in [0.1, 0.15) is 5.75 Å². The van der Waals surface area contributed by atoms with E-state index in [1.165, 1.54) is 0 Å². The molecule has 5 nitrogen and oxygen atoms in total. The van der Waals surface area contributed by atoms with Crippen LogP contribution >= 0.6 is 0 Å². The van der Waals surface area contributed by atoms with Gasteiger partial charge in [-0.3, -0.25) is 4.79 Å². The van der Waals surface area contributed by atoms with Gasteiger partial charge in [-0.1, -0.05) is 13.8 Å². The van der Waals surface area contributed by atoms with E-state index in [-0.39, 0.29) is 28.9 Å². The summed E-state index contributed by atoms with van der Waals surface area (Å²) in [6.07, 6.45) is 2.32. The van der Waals surface area contributed by atoms with Gasteiger partial charge in [-0.15, -0.1) is 0 Å². The molecule has 106 valence electrons. The molecule has 1 fully saturated rings. The zero-order chi connectivity index (χ0) is 13.8. The number of hydrogen-bond donors (Lipinski definition) is 2.